The molecule has 1 saturated heterocycles. The van der Waals surface area contributed by atoms with Crippen LogP contribution in [-0.2, 0) is 17.6 Å². The number of fused-ring (bicyclic) bond motifs is 1. The highest BCUT2D eigenvalue weighted by molar-refractivity contribution is 7.80. The van der Waals surface area contributed by atoms with Crippen molar-refractivity contribution in [2.24, 2.45) is 0 Å². The van der Waals surface area contributed by atoms with Gasteiger partial charge in [0.05, 0.1) is 11.8 Å². The van der Waals surface area contributed by atoms with Crippen molar-refractivity contribution in [3.8, 4) is 5.69 Å². The number of hydrogen-bond acceptors (Lipinski definition) is 4. The van der Waals surface area contributed by atoms with Crippen LogP contribution in [0.1, 0.15) is 41.0 Å². The van der Waals surface area contributed by atoms with Crippen LogP contribution >= 0.6 is 12.2 Å². The van der Waals surface area contributed by atoms with E-state index >= 15 is 0 Å². The molecule has 27 heavy (non-hydrogen) atoms. The summed E-state index contributed by atoms with van der Waals surface area (Å²) in [6.45, 7) is 1.44. The Morgan fingerprint density at radius 1 is 1.22 bits per heavy atom. The first-order valence-electron chi connectivity index (χ1n) is 9.34. The maximum absolute atomic E-state index is 12.7. The number of hydrogen-bond donors (Lipinski definition) is 3. The van der Waals surface area contributed by atoms with E-state index in [0.29, 0.717) is 17.4 Å². The molecule has 142 valence electrons. The molecule has 1 amide bonds. The highest BCUT2D eigenvalue weighted by Gasteiger charge is 2.27. The molecule has 0 spiro atoms. The summed E-state index contributed by atoms with van der Waals surface area (Å²) in [5.74, 6) is -0.274. The van der Waals surface area contributed by atoms with E-state index in [0.717, 1.165) is 55.7 Å². The second-order valence-corrected chi connectivity index (χ2v) is 7.21. The van der Waals surface area contributed by atoms with Gasteiger partial charge in [-0.05, 0) is 56.5 Å². The van der Waals surface area contributed by atoms with Crippen LogP contribution in [0.4, 0.5) is 0 Å². The van der Waals surface area contributed by atoms with Gasteiger partial charge in [-0.15, -0.1) is 0 Å². The third-order valence-corrected chi connectivity index (χ3v) is 5.20. The van der Waals surface area contributed by atoms with Gasteiger partial charge in [0.25, 0.3) is 5.91 Å². The Kier molecular flexibility index (Phi) is 5.35. The van der Waals surface area contributed by atoms with Crippen molar-refractivity contribution < 1.29 is 9.53 Å². The zero-order valence-corrected chi connectivity index (χ0v) is 15.8. The molecule has 2 aliphatic rings. The molecule has 0 saturated carbocycles. The van der Waals surface area contributed by atoms with E-state index in [2.05, 4.69) is 21.3 Å². The number of nitrogens with one attached hydrogen (secondary N) is 3. The molecule has 2 heterocycles. The molecule has 1 aliphatic heterocycles. The zero-order valence-electron chi connectivity index (χ0n) is 15.0. The molecule has 1 aromatic carbocycles. The van der Waals surface area contributed by atoms with Crippen LogP contribution < -0.4 is 16.2 Å². The largest absolute Gasteiger partial charge is 0.376 e. The van der Waals surface area contributed by atoms with E-state index in [-0.39, 0.29) is 12.0 Å². The van der Waals surface area contributed by atoms with Crippen LogP contribution in [0.3, 0.4) is 0 Å². The number of amides is 1. The third-order valence-electron chi connectivity index (χ3n) is 4.95. The van der Waals surface area contributed by atoms with E-state index in [9.17, 15) is 4.79 Å². The van der Waals surface area contributed by atoms with Crippen LogP contribution in [-0.4, -0.2) is 40.1 Å². The summed E-state index contributed by atoms with van der Waals surface area (Å²) in [4.78, 5) is 12.7. The molecular formula is C19H23N5O2S. The van der Waals surface area contributed by atoms with Crippen molar-refractivity contribution in [1.29, 1.82) is 0 Å². The van der Waals surface area contributed by atoms with Crippen LogP contribution in [0, 0.1) is 0 Å². The molecule has 0 radical (unpaired) electrons. The molecule has 1 fully saturated rings. The summed E-state index contributed by atoms with van der Waals surface area (Å²) in [6, 6.07) is 9.90. The highest BCUT2D eigenvalue weighted by Crippen LogP contribution is 2.27. The Hall–Kier alpha value is -2.45. The fourth-order valence-corrected chi connectivity index (χ4v) is 3.77. The zero-order chi connectivity index (χ0) is 18.6. The Morgan fingerprint density at radius 2 is 2.07 bits per heavy atom. The Bertz CT molecular complexity index is 830. The van der Waals surface area contributed by atoms with Gasteiger partial charge in [0.15, 0.2) is 10.8 Å². The van der Waals surface area contributed by atoms with Gasteiger partial charge in [0.1, 0.15) is 0 Å². The average Bonchev–Trinajstić information content (AvgIpc) is 3.42. The van der Waals surface area contributed by atoms with Crippen molar-refractivity contribution >= 4 is 23.2 Å². The van der Waals surface area contributed by atoms with Gasteiger partial charge in [-0.1, -0.05) is 18.2 Å². The standard InChI is InChI=1S/C19H23N5O2S/c25-18(21-22-19(27)20-12-14-8-5-11-26-14)17-15-9-4-10-16(15)24(23-17)13-6-2-1-3-7-13/h1-3,6-7,14H,4-5,8-12H2,(H,21,25)(H2,20,22,27)/t14-/m1/s1. The summed E-state index contributed by atoms with van der Waals surface area (Å²) in [7, 11) is 0. The number of ether oxygens (including phenoxy) is 1. The van der Waals surface area contributed by atoms with Gasteiger partial charge in [0.2, 0.25) is 0 Å². The number of nitrogens with zero attached hydrogens (tertiary/aromatic N) is 2. The summed E-state index contributed by atoms with van der Waals surface area (Å²) < 4.78 is 7.42. The van der Waals surface area contributed by atoms with E-state index < -0.39 is 0 Å². The molecule has 1 atom stereocenters. The SMILES string of the molecule is O=C(NNC(=S)NC[C@H]1CCCO1)c1nn(-c2ccccc2)c2c1CCC2. The normalized spacial score (nSPS) is 18.1. The Balaban J connectivity index is 1.39. The first-order chi connectivity index (χ1) is 13.2. The van der Waals surface area contributed by atoms with Crippen molar-refractivity contribution in [3.05, 3.63) is 47.3 Å². The van der Waals surface area contributed by atoms with Crippen LogP contribution in [0.5, 0.6) is 0 Å². The molecule has 4 rings (SSSR count). The number of benzene rings is 1. The minimum absolute atomic E-state index is 0.185. The maximum atomic E-state index is 12.7. The predicted molar refractivity (Wildman–Crippen MR) is 106 cm³/mol. The van der Waals surface area contributed by atoms with Crippen molar-refractivity contribution in [2.45, 2.75) is 38.2 Å². The molecule has 2 aromatic rings. The van der Waals surface area contributed by atoms with Gasteiger partial charge in [-0.25, -0.2) is 4.68 Å². The van der Waals surface area contributed by atoms with E-state index in [1.165, 1.54) is 0 Å². The summed E-state index contributed by atoms with van der Waals surface area (Å²) in [5.41, 5.74) is 8.99. The molecular weight excluding hydrogens is 362 g/mol. The number of rotatable bonds is 4. The Labute approximate surface area is 163 Å². The van der Waals surface area contributed by atoms with E-state index in [1.807, 2.05) is 35.0 Å². The maximum Gasteiger partial charge on any atom is 0.290 e. The lowest BCUT2D eigenvalue weighted by molar-refractivity contribution is 0.0936. The number of carbonyl (C=O) groups excluding carboxylic acids is 1. The molecule has 8 heteroatoms. The Morgan fingerprint density at radius 3 is 2.85 bits per heavy atom. The van der Waals surface area contributed by atoms with Crippen molar-refractivity contribution in [3.63, 3.8) is 0 Å². The molecule has 7 nitrogen and oxygen atoms in total. The van der Waals surface area contributed by atoms with Crippen LogP contribution in [0.2, 0.25) is 0 Å². The fraction of sp³-hybridized carbons (Fsp3) is 0.421. The lowest BCUT2D eigenvalue weighted by atomic mass is 10.2. The first kappa shape index (κ1) is 17.9. The fourth-order valence-electron chi connectivity index (χ4n) is 3.63. The smallest absolute Gasteiger partial charge is 0.290 e. The molecule has 0 unspecified atom stereocenters. The van der Waals surface area contributed by atoms with E-state index in [1.54, 1.807) is 0 Å². The van der Waals surface area contributed by atoms with Crippen LogP contribution in [0.25, 0.3) is 5.69 Å². The van der Waals surface area contributed by atoms with Gasteiger partial charge in [-0.2, -0.15) is 5.10 Å². The topological polar surface area (TPSA) is 80.2 Å². The minimum Gasteiger partial charge on any atom is -0.376 e. The number of aromatic nitrogens is 2. The number of carbonyl (C=O) groups is 1. The third kappa shape index (κ3) is 3.96. The minimum atomic E-state index is -0.274. The molecule has 1 aromatic heterocycles. The quantitative estimate of drug-likeness (QED) is 0.549. The molecule has 1 aliphatic carbocycles. The number of thiocarbonyl (C=S) groups is 1. The first-order valence-corrected chi connectivity index (χ1v) is 9.75. The average molecular weight is 385 g/mol. The lowest BCUT2D eigenvalue weighted by Gasteiger charge is -2.14. The highest BCUT2D eigenvalue weighted by atomic mass is 32.1. The molecule has 0 bridgehead atoms. The van der Waals surface area contributed by atoms with E-state index in [4.69, 9.17) is 17.0 Å². The van der Waals surface area contributed by atoms with Gasteiger partial charge < -0.3 is 10.1 Å². The second kappa shape index (κ2) is 8.06. The van der Waals surface area contributed by atoms with Gasteiger partial charge in [-0.3, -0.25) is 15.6 Å². The van der Waals surface area contributed by atoms with Crippen molar-refractivity contribution in [2.75, 3.05) is 13.2 Å². The summed E-state index contributed by atoms with van der Waals surface area (Å²) in [6.07, 6.45) is 5.13. The monoisotopic (exact) mass is 385 g/mol. The van der Waals surface area contributed by atoms with Gasteiger partial charge >= 0.3 is 0 Å². The lowest BCUT2D eigenvalue weighted by Crippen LogP contribution is -2.48. The summed E-state index contributed by atoms with van der Waals surface area (Å²) >= 11 is 5.22. The van der Waals surface area contributed by atoms with Crippen LogP contribution in [0.15, 0.2) is 30.3 Å². The molecule has 3 N–H and O–H groups in total. The second-order valence-electron chi connectivity index (χ2n) is 6.80. The summed E-state index contributed by atoms with van der Waals surface area (Å²) in [5, 5.41) is 8.01. The van der Waals surface area contributed by atoms with Crippen molar-refractivity contribution in [1.82, 2.24) is 25.9 Å². The number of para-hydroxylation sites is 1. The number of hydrazine groups is 1. The predicted octanol–water partition coefficient (Wildman–Crippen LogP) is 1.65. The van der Waals surface area contributed by atoms with Gasteiger partial charge in [0, 0.05) is 24.4 Å².